The Kier molecular flexibility index (Phi) is 10.0. The molecule has 0 aromatic heterocycles. The molecule has 198 valence electrons. The SMILES string of the molecule is O=C(O)CCCCCCCC1CC(=O)/C(=C/c2ccc(F)c(-c3cc(C(F)(F)F)ccc3F)c2)SC1=S. The fourth-order valence-corrected chi connectivity index (χ4v) is 5.53. The lowest BCUT2D eigenvalue weighted by Gasteiger charge is -2.23. The Balaban J connectivity index is 1.67. The molecule has 1 aliphatic heterocycles. The number of carbonyl (C=O) groups is 2. The molecule has 2 aromatic carbocycles. The second kappa shape index (κ2) is 12.8. The largest absolute Gasteiger partial charge is 0.481 e. The van der Waals surface area contributed by atoms with E-state index < -0.39 is 34.9 Å². The lowest BCUT2D eigenvalue weighted by Crippen LogP contribution is -2.21. The van der Waals surface area contributed by atoms with Crippen molar-refractivity contribution in [2.24, 2.45) is 5.92 Å². The van der Waals surface area contributed by atoms with Crippen molar-refractivity contribution in [3.05, 3.63) is 64.1 Å². The zero-order valence-corrected chi connectivity index (χ0v) is 21.4. The molecule has 0 amide bonds. The molecule has 1 atom stereocenters. The van der Waals surface area contributed by atoms with Gasteiger partial charge in [-0.2, -0.15) is 13.2 Å². The Labute approximate surface area is 221 Å². The predicted molar refractivity (Wildman–Crippen MR) is 138 cm³/mol. The van der Waals surface area contributed by atoms with Gasteiger partial charge in [0.25, 0.3) is 0 Å². The van der Waals surface area contributed by atoms with Gasteiger partial charge in [0.1, 0.15) is 11.6 Å². The third kappa shape index (κ3) is 8.20. The molecule has 0 radical (unpaired) electrons. The van der Waals surface area contributed by atoms with Gasteiger partial charge in [0.05, 0.1) is 14.7 Å². The number of allylic oxidation sites excluding steroid dienone is 1. The van der Waals surface area contributed by atoms with Crippen LogP contribution in [0.3, 0.4) is 0 Å². The Morgan fingerprint density at radius 2 is 1.62 bits per heavy atom. The number of Topliss-reactive ketones (excluding diaryl/α,β-unsaturated/α-hetero) is 1. The molecule has 37 heavy (non-hydrogen) atoms. The van der Waals surface area contributed by atoms with Gasteiger partial charge in [-0.25, -0.2) is 8.78 Å². The van der Waals surface area contributed by atoms with Crippen molar-refractivity contribution in [2.45, 2.75) is 57.5 Å². The molecule has 1 fully saturated rings. The number of hydrogen-bond donors (Lipinski definition) is 1. The number of benzene rings is 2. The molecular formula is C27H25F5O3S2. The summed E-state index contributed by atoms with van der Waals surface area (Å²) < 4.78 is 68.8. The van der Waals surface area contributed by atoms with E-state index in [4.69, 9.17) is 17.3 Å². The van der Waals surface area contributed by atoms with Crippen molar-refractivity contribution in [1.29, 1.82) is 0 Å². The van der Waals surface area contributed by atoms with E-state index in [1.807, 2.05) is 0 Å². The summed E-state index contributed by atoms with van der Waals surface area (Å²) in [6, 6.07) is 5.42. The number of carboxylic acid groups (broad SMARTS) is 1. The summed E-state index contributed by atoms with van der Waals surface area (Å²) in [5.74, 6) is -2.88. The van der Waals surface area contributed by atoms with E-state index in [0.717, 1.165) is 49.9 Å². The number of rotatable bonds is 10. The van der Waals surface area contributed by atoms with Gasteiger partial charge in [-0.05, 0) is 54.8 Å². The number of carboxylic acids is 1. The standard InChI is InChI=1S/C27H25F5O3S2/c28-21-10-8-16(12-19(21)20-15-18(27(30,31)32)9-11-22(20)29)13-24-23(33)14-17(26(36)37-24)6-4-2-1-3-5-7-25(34)35/h8-13,15,17H,1-7,14H2,(H,34,35)/b24-13-. The van der Waals surface area contributed by atoms with Crippen LogP contribution >= 0.6 is 24.0 Å². The van der Waals surface area contributed by atoms with E-state index in [9.17, 15) is 31.5 Å². The maximum Gasteiger partial charge on any atom is 0.416 e. The number of carbonyl (C=O) groups excluding carboxylic acids is 1. The molecule has 0 saturated carbocycles. The van der Waals surface area contributed by atoms with E-state index in [0.29, 0.717) is 39.3 Å². The summed E-state index contributed by atoms with van der Waals surface area (Å²) in [6.45, 7) is 0. The summed E-state index contributed by atoms with van der Waals surface area (Å²) in [4.78, 5) is 23.6. The Bertz CT molecular complexity index is 1210. The number of hydrogen-bond acceptors (Lipinski definition) is 4. The summed E-state index contributed by atoms with van der Waals surface area (Å²) in [6.07, 6.45) is 2.11. The minimum Gasteiger partial charge on any atom is -0.481 e. The number of unbranched alkanes of at least 4 members (excludes halogenated alkanes) is 4. The van der Waals surface area contributed by atoms with E-state index >= 15 is 0 Å². The quantitative estimate of drug-likeness (QED) is 0.138. The average molecular weight is 557 g/mol. The summed E-state index contributed by atoms with van der Waals surface area (Å²) in [5, 5.41) is 8.66. The normalized spacial score (nSPS) is 17.4. The van der Waals surface area contributed by atoms with Crippen LogP contribution in [0.25, 0.3) is 17.2 Å². The molecular weight excluding hydrogens is 531 g/mol. The maximum absolute atomic E-state index is 14.5. The topological polar surface area (TPSA) is 54.4 Å². The number of thiocarbonyl (C=S) groups is 1. The number of thioether (sulfide) groups is 1. The first kappa shape index (κ1) is 29.0. The second-order valence-corrected chi connectivity index (χ2v) is 10.7. The summed E-state index contributed by atoms with van der Waals surface area (Å²) in [7, 11) is 0. The van der Waals surface area contributed by atoms with Gasteiger partial charge in [-0.1, -0.05) is 55.7 Å². The second-order valence-electron chi connectivity index (χ2n) is 8.89. The Morgan fingerprint density at radius 1 is 1.00 bits per heavy atom. The number of alkyl halides is 3. The fraction of sp³-hybridized carbons (Fsp3) is 0.370. The van der Waals surface area contributed by atoms with Crippen LogP contribution in [0, 0.1) is 17.6 Å². The molecule has 1 N–H and O–H groups in total. The maximum atomic E-state index is 14.5. The van der Waals surface area contributed by atoms with Crippen LogP contribution in [0.2, 0.25) is 0 Å². The number of halogens is 5. The Morgan fingerprint density at radius 3 is 2.30 bits per heavy atom. The first-order chi connectivity index (χ1) is 17.5. The fourth-order valence-electron chi connectivity index (χ4n) is 4.08. The van der Waals surface area contributed by atoms with Gasteiger partial charge in [0.15, 0.2) is 5.78 Å². The highest BCUT2D eigenvalue weighted by molar-refractivity contribution is 8.26. The van der Waals surface area contributed by atoms with Gasteiger partial charge in [0, 0.05) is 29.9 Å². The Hall–Kier alpha value is -2.59. The molecule has 10 heteroatoms. The van der Waals surface area contributed by atoms with Crippen LogP contribution in [-0.2, 0) is 15.8 Å². The third-order valence-electron chi connectivity index (χ3n) is 6.07. The van der Waals surface area contributed by atoms with Crippen molar-refractivity contribution in [2.75, 3.05) is 0 Å². The molecule has 0 bridgehead atoms. The van der Waals surface area contributed by atoms with Crippen LogP contribution in [0.15, 0.2) is 41.3 Å². The van der Waals surface area contributed by atoms with Crippen LogP contribution in [-0.4, -0.2) is 21.1 Å². The minimum absolute atomic E-state index is 0.0633. The highest BCUT2D eigenvalue weighted by Crippen LogP contribution is 2.38. The first-order valence-electron chi connectivity index (χ1n) is 11.8. The van der Waals surface area contributed by atoms with Crippen molar-refractivity contribution in [3.63, 3.8) is 0 Å². The smallest absolute Gasteiger partial charge is 0.416 e. The number of aliphatic carboxylic acids is 1. The lowest BCUT2D eigenvalue weighted by molar-refractivity contribution is -0.138. The summed E-state index contributed by atoms with van der Waals surface area (Å²) in [5.41, 5.74) is -1.61. The number of ketones is 1. The van der Waals surface area contributed by atoms with Gasteiger partial charge in [-0.15, -0.1) is 0 Å². The molecule has 0 aliphatic carbocycles. The van der Waals surface area contributed by atoms with Crippen molar-refractivity contribution >= 4 is 46.0 Å². The zero-order chi connectivity index (χ0) is 27.2. The van der Waals surface area contributed by atoms with E-state index in [1.165, 1.54) is 18.2 Å². The van der Waals surface area contributed by atoms with Crippen LogP contribution in [0.5, 0.6) is 0 Å². The van der Waals surface area contributed by atoms with E-state index in [2.05, 4.69) is 0 Å². The van der Waals surface area contributed by atoms with Crippen molar-refractivity contribution < 1.29 is 36.6 Å². The highest BCUT2D eigenvalue weighted by atomic mass is 32.2. The molecule has 3 rings (SSSR count). The van der Waals surface area contributed by atoms with Gasteiger partial charge >= 0.3 is 12.1 Å². The first-order valence-corrected chi connectivity index (χ1v) is 13.0. The molecule has 2 aromatic rings. The highest BCUT2D eigenvalue weighted by Gasteiger charge is 2.32. The molecule has 0 spiro atoms. The van der Waals surface area contributed by atoms with Crippen LogP contribution in [0.1, 0.15) is 62.5 Å². The molecule has 1 heterocycles. The third-order valence-corrected chi connectivity index (χ3v) is 7.75. The van der Waals surface area contributed by atoms with Gasteiger partial charge in [0.2, 0.25) is 0 Å². The molecule has 1 unspecified atom stereocenters. The summed E-state index contributed by atoms with van der Waals surface area (Å²) >= 11 is 6.65. The predicted octanol–water partition coefficient (Wildman–Crippen LogP) is 8.46. The molecule has 1 aliphatic rings. The van der Waals surface area contributed by atoms with Crippen molar-refractivity contribution in [3.8, 4) is 11.1 Å². The average Bonchev–Trinajstić information content (AvgIpc) is 2.82. The van der Waals surface area contributed by atoms with Gasteiger partial charge in [-0.3, -0.25) is 9.59 Å². The van der Waals surface area contributed by atoms with E-state index in [1.54, 1.807) is 0 Å². The molecule has 3 nitrogen and oxygen atoms in total. The van der Waals surface area contributed by atoms with Gasteiger partial charge < -0.3 is 5.11 Å². The van der Waals surface area contributed by atoms with E-state index in [-0.39, 0.29) is 30.1 Å². The van der Waals surface area contributed by atoms with Crippen LogP contribution in [0.4, 0.5) is 22.0 Å². The van der Waals surface area contributed by atoms with Crippen molar-refractivity contribution in [1.82, 2.24) is 0 Å². The zero-order valence-electron chi connectivity index (χ0n) is 19.7. The van der Waals surface area contributed by atoms with Crippen LogP contribution < -0.4 is 0 Å². The molecule has 1 saturated heterocycles. The monoisotopic (exact) mass is 556 g/mol. The minimum atomic E-state index is -4.71. The lowest BCUT2D eigenvalue weighted by atomic mass is 9.95.